The van der Waals surface area contributed by atoms with E-state index in [1.807, 2.05) is 0 Å². The van der Waals surface area contributed by atoms with E-state index in [1.54, 1.807) is 0 Å². The Labute approximate surface area is 148 Å². The first-order chi connectivity index (χ1) is 11.3. The molecule has 24 heavy (non-hydrogen) atoms. The van der Waals surface area contributed by atoms with Gasteiger partial charge in [0, 0.05) is 13.3 Å². The van der Waals surface area contributed by atoms with Crippen LogP contribution >= 0.6 is 0 Å². The highest BCUT2D eigenvalue weighted by atomic mass is 16.5. The first-order valence-corrected chi connectivity index (χ1v) is 9.14. The van der Waals surface area contributed by atoms with Gasteiger partial charge in [-0.05, 0) is 58.4 Å². The first-order valence-electron chi connectivity index (χ1n) is 9.14. The van der Waals surface area contributed by atoms with Crippen LogP contribution in [0.1, 0.15) is 73.6 Å². The summed E-state index contributed by atoms with van der Waals surface area (Å²) in [4.78, 5) is 11.4. The molecule has 0 saturated carbocycles. The zero-order valence-corrected chi connectivity index (χ0v) is 16.3. The van der Waals surface area contributed by atoms with E-state index in [9.17, 15) is 4.79 Å². The van der Waals surface area contributed by atoms with Gasteiger partial charge in [-0.3, -0.25) is 4.79 Å². The van der Waals surface area contributed by atoms with Crippen LogP contribution in [-0.2, 0) is 9.53 Å². The summed E-state index contributed by atoms with van der Waals surface area (Å²) < 4.78 is 5.50. The van der Waals surface area contributed by atoms with Gasteiger partial charge >= 0.3 is 5.97 Å². The van der Waals surface area contributed by atoms with Gasteiger partial charge in [0.25, 0.3) is 0 Å². The van der Waals surface area contributed by atoms with Gasteiger partial charge in [0.2, 0.25) is 0 Å². The van der Waals surface area contributed by atoms with Crippen LogP contribution in [-0.4, -0.2) is 12.1 Å². The van der Waals surface area contributed by atoms with Crippen LogP contribution in [0.25, 0.3) is 0 Å². The van der Waals surface area contributed by atoms with Crippen molar-refractivity contribution in [1.29, 1.82) is 0 Å². The molecule has 0 heterocycles. The van der Waals surface area contributed by atoms with E-state index in [2.05, 4.69) is 58.9 Å². The predicted molar refractivity (Wildman–Crippen MR) is 103 cm³/mol. The molecular formula is C22H34O2. The summed E-state index contributed by atoms with van der Waals surface area (Å²) in [5.74, 6) is 0.341. The average Bonchev–Trinajstić information content (AvgIpc) is 2.45. The second-order valence-electron chi connectivity index (χ2n) is 7.36. The number of allylic oxidation sites excluding steroid dienone is 6. The van der Waals surface area contributed by atoms with E-state index in [-0.39, 0.29) is 12.1 Å². The second-order valence-corrected chi connectivity index (χ2v) is 7.36. The number of esters is 1. The smallest absolute Gasteiger partial charge is 0.303 e. The number of carbonyl (C=O) groups excluding carboxylic acids is 1. The molecule has 0 spiro atoms. The first kappa shape index (κ1) is 20.5. The van der Waals surface area contributed by atoms with Crippen molar-refractivity contribution in [2.45, 2.75) is 79.8 Å². The van der Waals surface area contributed by atoms with Crippen LogP contribution in [0.2, 0.25) is 0 Å². The monoisotopic (exact) mass is 330 g/mol. The fraction of sp³-hybridized carbons (Fsp3) is 0.591. The summed E-state index contributed by atoms with van der Waals surface area (Å²) in [7, 11) is 0. The molecule has 1 rings (SSSR count). The Kier molecular flexibility index (Phi) is 8.81. The molecular weight excluding hydrogens is 296 g/mol. The Morgan fingerprint density at radius 1 is 1.04 bits per heavy atom. The third kappa shape index (κ3) is 8.33. The van der Waals surface area contributed by atoms with Crippen LogP contribution in [0.4, 0.5) is 0 Å². The van der Waals surface area contributed by atoms with E-state index in [0.29, 0.717) is 5.92 Å². The fourth-order valence-corrected chi connectivity index (χ4v) is 2.94. The molecule has 0 saturated heterocycles. The molecule has 1 aliphatic rings. The van der Waals surface area contributed by atoms with Crippen LogP contribution in [0.15, 0.2) is 46.6 Å². The minimum absolute atomic E-state index is 0.164. The number of ether oxygens (including phenoxy) is 1. The molecule has 0 bridgehead atoms. The van der Waals surface area contributed by atoms with Crippen molar-refractivity contribution in [1.82, 2.24) is 0 Å². The lowest BCUT2D eigenvalue weighted by molar-refractivity contribution is -0.144. The van der Waals surface area contributed by atoms with Gasteiger partial charge in [0.05, 0.1) is 0 Å². The maximum Gasteiger partial charge on any atom is 0.303 e. The molecule has 0 aromatic carbocycles. The standard InChI is InChI=1S/C22H34O2/c1-16(2)21-12-10-17(3)8-7-9-18(4)14-22(24-20(6)23)15-19(5)11-13-21/h8,11,13-14,16,22H,7,9-10,12,15H2,1-6H3. The Hall–Kier alpha value is -1.57. The zero-order valence-electron chi connectivity index (χ0n) is 16.3. The van der Waals surface area contributed by atoms with Crippen molar-refractivity contribution in [2.24, 2.45) is 5.92 Å². The third-order valence-corrected chi connectivity index (χ3v) is 4.47. The average molecular weight is 331 g/mol. The highest BCUT2D eigenvalue weighted by Gasteiger charge is 2.11. The van der Waals surface area contributed by atoms with Gasteiger partial charge in [-0.2, -0.15) is 0 Å². The van der Waals surface area contributed by atoms with Gasteiger partial charge in [-0.15, -0.1) is 0 Å². The van der Waals surface area contributed by atoms with E-state index >= 15 is 0 Å². The topological polar surface area (TPSA) is 26.3 Å². The molecule has 1 atom stereocenters. The molecule has 0 amide bonds. The normalized spacial score (nSPS) is 21.2. The molecule has 0 aromatic heterocycles. The van der Waals surface area contributed by atoms with E-state index < -0.39 is 0 Å². The maximum atomic E-state index is 11.4. The van der Waals surface area contributed by atoms with Crippen molar-refractivity contribution >= 4 is 5.97 Å². The van der Waals surface area contributed by atoms with Crippen LogP contribution in [0.3, 0.4) is 0 Å². The summed E-state index contributed by atoms with van der Waals surface area (Å²) in [6.45, 7) is 12.5. The SMILES string of the molecule is CC(=O)OC1C=C(C)CCC=C(C)CCC(C(C)C)=CC=C(C)C1. The minimum atomic E-state index is -0.216. The Balaban J connectivity index is 3.08. The summed E-state index contributed by atoms with van der Waals surface area (Å²) in [5.41, 5.74) is 5.47. The number of hydrogen-bond acceptors (Lipinski definition) is 2. The zero-order chi connectivity index (χ0) is 18.1. The summed E-state index contributed by atoms with van der Waals surface area (Å²) in [6.07, 6.45) is 13.8. The van der Waals surface area contributed by atoms with Crippen molar-refractivity contribution in [3.63, 3.8) is 0 Å². The Morgan fingerprint density at radius 3 is 2.38 bits per heavy atom. The number of rotatable bonds is 2. The van der Waals surface area contributed by atoms with E-state index in [1.165, 1.54) is 29.2 Å². The Bertz CT molecular complexity index is 544. The fourth-order valence-electron chi connectivity index (χ4n) is 2.94. The molecule has 2 nitrogen and oxygen atoms in total. The summed E-state index contributed by atoms with van der Waals surface area (Å²) >= 11 is 0. The summed E-state index contributed by atoms with van der Waals surface area (Å²) in [6, 6.07) is 0. The largest absolute Gasteiger partial charge is 0.458 e. The van der Waals surface area contributed by atoms with Crippen LogP contribution in [0.5, 0.6) is 0 Å². The quantitative estimate of drug-likeness (QED) is 0.438. The molecule has 1 unspecified atom stereocenters. The van der Waals surface area contributed by atoms with Gasteiger partial charge < -0.3 is 4.74 Å². The van der Waals surface area contributed by atoms with Crippen LogP contribution in [0, 0.1) is 5.92 Å². The van der Waals surface area contributed by atoms with Crippen molar-refractivity contribution < 1.29 is 9.53 Å². The highest BCUT2D eigenvalue weighted by Crippen LogP contribution is 2.22. The lowest BCUT2D eigenvalue weighted by Gasteiger charge is -2.16. The Morgan fingerprint density at radius 2 is 1.75 bits per heavy atom. The van der Waals surface area contributed by atoms with Gasteiger partial charge in [-0.1, -0.05) is 54.4 Å². The van der Waals surface area contributed by atoms with Crippen molar-refractivity contribution in [3.8, 4) is 0 Å². The van der Waals surface area contributed by atoms with Gasteiger partial charge in [0.15, 0.2) is 0 Å². The highest BCUT2D eigenvalue weighted by molar-refractivity contribution is 5.66. The minimum Gasteiger partial charge on any atom is -0.458 e. The van der Waals surface area contributed by atoms with Crippen molar-refractivity contribution in [3.05, 3.63) is 46.6 Å². The maximum absolute atomic E-state index is 11.4. The molecule has 2 heteroatoms. The lowest BCUT2D eigenvalue weighted by Crippen LogP contribution is -2.14. The van der Waals surface area contributed by atoms with Gasteiger partial charge in [0.1, 0.15) is 6.10 Å². The van der Waals surface area contributed by atoms with Crippen LogP contribution < -0.4 is 0 Å². The third-order valence-electron chi connectivity index (χ3n) is 4.47. The summed E-state index contributed by atoms with van der Waals surface area (Å²) in [5, 5.41) is 0. The molecule has 1 aliphatic carbocycles. The molecule has 0 aromatic rings. The van der Waals surface area contributed by atoms with E-state index in [4.69, 9.17) is 4.74 Å². The molecule has 0 aliphatic heterocycles. The number of hydrogen-bond donors (Lipinski definition) is 0. The molecule has 134 valence electrons. The lowest BCUT2D eigenvalue weighted by atomic mass is 9.94. The molecule has 0 radical (unpaired) electrons. The second kappa shape index (κ2) is 10.3. The predicted octanol–water partition coefficient (Wildman–Crippen LogP) is 6.30. The number of carbonyl (C=O) groups is 1. The molecule has 0 fully saturated rings. The van der Waals surface area contributed by atoms with Crippen molar-refractivity contribution in [2.75, 3.05) is 0 Å². The van der Waals surface area contributed by atoms with E-state index in [0.717, 1.165) is 32.1 Å². The van der Waals surface area contributed by atoms with Gasteiger partial charge in [-0.25, -0.2) is 0 Å². The molecule has 0 N–H and O–H groups in total.